The highest BCUT2D eigenvalue weighted by Crippen LogP contribution is 2.20. The summed E-state index contributed by atoms with van der Waals surface area (Å²) < 4.78 is 20.5. The molecule has 1 N–H and O–H groups in total. The van der Waals surface area contributed by atoms with E-state index in [1.54, 1.807) is 6.07 Å². The molecule has 0 saturated heterocycles. The molecule has 4 heteroatoms. The maximum atomic E-state index is 14.0. The van der Waals surface area contributed by atoms with Crippen molar-refractivity contribution in [1.82, 2.24) is 5.32 Å². The molecule has 0 radical (unpaired) electrons. The summed E-state index contributed by atoms with van der Waals surface area (Å²) in [5, 5.41) is 3.25. The van der Waals surface area contributed by atoms with E-state index in [9.17, 15) is 4.39 Å². The largest absolute Gasteiger partial charge is 0.486 e. The van der Waals surface area contributed by atoms with Crippen molar-refractivity contribution in [3.63, 3.8) is 0 Å². The van der Waals surface area contributed by atoms with Crippen molar-refractivity contribution in [1.29, 1.82) is 0 Å². The highest BCUT2D eigenvalue weighted by molar-refractivity contribution is 9.10. The fraction of sp³-hybridized carbons (Fsp3) is 0.294. The second-order valence-corrected chi connectivity index (χ2v) is 5.78. The second-order valence-electron chi connectivity index (χ2n) is 4.86. The lowest BCUT2D eigenvalue weighted by atomic mass is 10.2. The van der Waals surface area contributed by atoms with Crippen LogP contribution in [0.4, 0.5) is 4.39 Å². The fourth-order valence-electron chi connectivity index (χ4n) is 1.97. The predicted octanol–water partition coefficient (Wildman–Crippen LogP) is 4.67. The maximum Gasteiger partial charge on any atom is 0.165 e. The van der Waals surface area contributed by atoms with Crippen molar-refractivity contribution in [3.05, 3.63) is 63.9 Å². The first-order valence-corrected chi connectivity index (χ1v) is 7.84. The van der Waals surface area contributed by atoms with Crippen LogP contribution in [0.2, 0.25) is 0 Å². The summed E-state index contributed by atoms with van der Waals surface area (Å²) in [6.45, 7) is 4.07. The molecule has 0 heterocycles. The van der Waals surface area contributed by atoms with Crippen molar-refractivity contribution in [3.8, 4) is 5.75 Å². The smallest absolute Gasteiger partial charge is 0.165 e. The van der Waals surface area contributed by atoms with Gasteiger partial charge in [0.25, 0.3) is 0 Å². The average Bonchev–Trinajstić information content (AvgIpc) is 2.47. The summed E-state index contributed by atoms with van der Waals surface area (Å²) >= 11 is 3.41. The van der Waals surface area contributed by atoms with Crippen LogP contribution in [-0.2, 0) is 13.2 Å². The lowest BCUT2D eigenvalue weighted by Gasteiger charge is -2.09. The molecule has 0 fully saturated rings. The van der Waals surface area contributed by atoms with Crippen LogP contribution in [0, 0.1) is 5.82 Å². The summed E-state index contributed by atoms with van der Waals surface area (Å²) in [6.07, 6.45) is 1.07. The molecule has 0 aliphatic carbocycles. The third kappa shape index (κ3) is 5.14. The SMILES string of the molecule is CCCNCc1ccc(OCc2cccc(Br)c2)c(F)c1. The van der Waals surface area contributed by atoms with E-state index < -0.39 is 0 Å². The van der Waals surface area contributed by atoms with Crippen LogP contribution in [0.15, 0.2) is 46.9 Å². The molecular formula is C17H19BrFNO. The average molecular weight is 352 g/mol. The number of hydrogen-bond donors (Lipinski definition) is 1. The van der Waals surface area contributed by atoms with Crippen LogP contribution in [-0.4, -0.2) is 6.54 Å². The van der Waals surface area contributed by atoms with E-state index in [0.29, 0.717) is 13.2 Å². The molecule has 0 unspecified atom stereocenters. The fourth-order valence-corrected chi connectivity index (χ4v) is 2.42. The first-order valence-electron chi connectivity index (χ1n) is 7.05. The second kappa shape index (κ2) is 8.15. The molecular weight excluding hydrogens is 333 g/mol. The van der Waals surface area contributed by atoms with Crippen molar-refractivity contribution in [2.45, 2.75) is 26.5 Å². The van der Waals surface area contributed by atoms with Crippen LogP contribution in [0.1, 0.15) is 24.5 Å². The van der Waals surface area contributed by atoms with Crippen molar-refractivity contribution in [2.75, 3.05) is 6.54 Å². The van der Waals surface area contributed by atoms with E-state index >= 15 is 0 Å². The van der Waals surface area contributed by atoms with Gasteiger partial charge in [0.2, 0.25) is 0 Å². The van der Waals surface area contributed by atoms with Gasteiger partial charge in [-0.05, 0) is 48.4 Å². The summed E-state index contributed by atoms with van der Waals surface area (Å²) in [5.41, 5.74) is 1.92. The topological polar surface area (TPSA) is 21.3 Å². The first kappa shape index (κ1) is 16.0. The molecule has 0 spiro atoms. The Balaban J connectivity index is 1.94. The Bertz CT molecular complexity index is 589. The van der Waals surface area contributed by atoms with Gasteiger partial charge < -0.3 is 10.1 Å². The summed E-state index contributed by atoms with van der Waals surface area (Å²) in [7, 11) is 0. The van der Waals surface area contributed by atoms with E-state index in [-0.39, 0.29) is 11.6 Å². The number of benzene rings is 2. The standard InChI is InChI=1S/C17H19BrFNO/c1-2-8-20-11-13-6-7-17(16(19)10-13)21-12-14-4-3-5-15(18)9-14/h3-7,9-10,20H,2,8,11-12H2,1H3. The molecule has 0 aliphatic heterocycles. The minimum Gasteiger partial charge on any atom is -0.486 e. The van der Waals surface area contributed by atoms with E-state index in [2.05, 4.69) is 28.2 Å². The normalized spacial score (nSPS) is 10.6. The van der Waals surface area contributed by atoms with Gasteiger partial charge in [-0.2, -0.15) is 0 Å². The molecule has 2 aromatic carbocycles. The highest BCUT2D eigenvalue weighted by atomic mass is 79.9. The van der Waals surface area contributed by atoms with E-state index in [4.69, 9.17) is 4.74 Å². The Hall–Kier alpha value is -1.39. The van der Waals surface area contributed by atoms with Gasteiger partial charge in [-0.15, -0.1) is 0 Å². The van der Waals surface area contributed by atoms with Gasteiger partial charge in [0.15, 0.2) is 11.6 Å². The Morgan fingerprint density at radius 3 is 2.71 bits per heavy atom. The monoisotopic (exact) mass is 351 g/mol. The summed E-state index contributed by atoms with van der Waals surface area (Å²) in [5.74, 6) is -0.0324. The molecule has 2 rings (SSSR count). The maximum absolute atomic E-state index is 14.0. The molecule has 0 aliphatic rings. The van der Waals surface area contributed by atoms with Crippen LogP contribution in [0.25, 0.3) is 0 Å². The van der Waals surface area contributed by atoms with Gasteiger partial charge in [-0.1, -0.05) is 41.1 Å². The summed E-state index contributed by atoms with van der Waals surface area (Å²) in [6, 6.07) is 12.9. The first-order chi connectivity index (χ1) is 10.2. The minimum absolute atomic E-state index is 0.286. The Morgan fingerprint density at radius 2 is 2.00 bits per heavy atom. The van der Waals surface area contributed by atoms with Crippen LogP contribution >= 0.6 is 15.9 Å². The third-order valence-corrected chi connectivity index (χ3v) is 3.53. The number of halogens is 2. The van der Waals surface area contributed by atoms with Gasteiger partial charge in [-0.25, -0.2) is 4.39 Å². The minimum atomic E-state index is -0.319. The number of ether oxygens (including phenoxy) is 1. The van der Waals surface area contributed by atoms with Crippen LogP contribution in [0.3, 0.4) is 0 Å². The lowest BCUT2D eigenvalue weighted by Crippen LogP contribution is -2.13. The van der Waals surface area contributed by atoms with E-state index in [1.807, 2.05) is 30.3 Å². The van der Waals surface area contributed by atoms with Gasteiger partial charge in [0, 0.05) is 11.0 Å². The molecule has 0 saturated carbocycles. The van der Waals surface area contributed by atoms with E-state index in [1.165, 1.54) is 6.07 Å². The molecule has 21 heavy (non-hydrogen) atoms. The van der Waals surface area contributed by atoms with Crippen LogP contribution in [0.5, 0.6) is 5.75 Å². The van der Waals surface area contributed by atoms with Crippen molar-refractivity contribution in [2.24, 2.45) is 0 Å². The molecule has 112 valence electrons. The highest BCUT2D eigenvalue weighted by Gasteiger charge is 2.05. The Morgan fingerprint density at radius 1 is 1.14 bits per heavy atom. The molecule has 0 bridgehead atoms. The Kier molecular flexibility index (Phi) is 6.21. The molecule has 0 atom stereocenters. The van der Waals surface area contributed by atoms with Gasteiger partial charge in [0.1, 0.15) is 6.61 Å². The van der Waals surface area contributed by atoms with E-state index in [0.717, 1.165) is 28.6 Å². The summed E-state index contributed by atoms with van der Waals surface area (Å²) in [4.78, 5) is 0. The number of nitrogens with one attached hydrogen (secondary N) is 1. The van der Waals surface area contributed by atoms with Gasteiger partial charge in [-0.3, -0.25) is 0 Å². The van der Waals surface area contributed by atoms with Crippen molar-refractivity contribution < 1.29 is 9.13 Å². The van der Waals surface area contributed by atoms with Crippen molar-refractivity contribution >= 4 is 15.9 Å². The zero-order valence-electron chi connectivity index (χ0n) is 12.0. The number of rotatable bonds is 7. The van der Waals surface area contributed by atoms with Gasteiger partial charge >= 0.3 is 0 Å². The lowest BCUT2D eigenvalue weighted by molar-refractivity contribution is 0.290. The third-order valence-electron chi connectivity index (χ3n) is 3.04. The Labute approximate surface area is 133 Å². The predicted molar refractivity (Wildman–Crippen MR) is 86.9 cm³/mol. The quantitative estimate of drug-likeness (QED) is 0.732. The molecule has 2 aromatic rings. The molecule has 0 amide bonds. The molecule has 0 aromatic heterocycles. The van der Waals surface area contributed by atoms with Gasteiger partial charge in [0.05, 0.1) is 0 Å². The molecule has 2 nitrogen and oxygen atoms in total. The zero-order chi connectivity index (χ0) is 15.1. The zero-order valence-corrected chi connectivity index (χ0v) is 13.6. The number of hydrogen-bond acceptors (Lipinski definition) is 2. The van der Waals surface area contributed by atoms with Crippen LogP contribution < -0.4 is 10.1 Å².